The Morgan fingerprint density at radius 3 is 2.57 bits per heavy atom. The third-order valence-corrected chi connectivity index (χ3v) is 4.77. The fourth-order valence-corrected chi connectivity index (χ4v) is 3.26. The van der Waals surface area contributed by atoms with E-state index in [0.29, 0.717) is 35.7 Å². The second-order valence-electron chi connectivity index (χ2n) is 6.25. The van der Waals surface area contributed by atoms with Crippen LogP contribution in [0.25, 0.3) is 0 Å². The van der Waals surface area contributed by atoms with E-state index in [1.54, 1.807) is 29.2 Å². The standard InChI is InChI=1S/C20H20ClN3O4/c1-3-18(25)24-9-8-12-10-13(4-7-16(12)24)19(26)22-23-20(27)15-6-5-14(21)11-17(15)28-2/h4-7,10-11H,3,8-9H2,1-2H3,(H,22,26)(H,23,27). The first-order valence-corrected chi connectivity index (χ1v) is 9.20. The highest BCUT2D eigenvalue weighted by atomic mass is 35.5. The SMILES string of the molecule is CCC(=O)N1CCc2cc(C(=O)NNC(=O)c3ccc(Cl)cc3OC)ccc21. The summed E-state index contributed by atoms with van der Waals surface area (Å²) in [6.45, 7) is 2.43. The van der Waals surface area contributed by atoms with Crippen molar-refractivity contribution >= 4 is 35.0 Å². The van der Waals surface area contributed by atoms with Crippen molar-refractivity contribution in [3.63, 3.8) is 0 Å². The third kappa shape index (κ3) is 3.94. The average Bonchev–Trinajstić information content (AvgIpc) is 3.14. The second kappa shape index (κ2) is 8.31. The lowest BCUT2D eigenvalue weighted by Gasteiger charge is -2.16. The molecule has 1 aliphatic rings. The zero-order valence-electron chi connectivity index (χ0n) is 15.5. The van der Waals surface area contributed by atoms with E-state index >= 15 is 0 Å². The number of hydrazine groups is 1. The number of anilines is 1. The normalized spacial score (nSPS) is 12.3. The number of fused-ring (bicyclic) bond motifs is 1. The van der Waals surface area contributed by atoms with Gasteiger partial charge in [0.25, 0.3) is 11.8 Å². The molecule has 1 aliphatic heterocycles. The summed E-state index contributed by atoms with van der Waals surface area (Å²) >= 11 is 5.89. The minimum Gasteiger partial charge on any atom is -0.496 e. The number of carbonyl (C=O) groups is 3. The number of halogens is 1. The molecular weight excluding hydrogens is 382 g/mol. The molecule has 1 heterocycles. The molecule has 0 spiro atoms. The van der Waals surface area contributed by atoms with Gasteiger partial charge in [-0.05, 0) is 48.4 Å². The largest absolute Gasteiger partial charge is 0.496 e. The van der Waals surface area contributed by atoms with Crippen LogP contribution < -0.4 is 20.5 Å². The number of amides is 3. The summed E-state index contributed by atoms with van der Waals surface area (Å²) in [5, 5.41) is 0.436. The van der Waals surface area contributed by atoms with E-state index in [4.69, 9.17) is 16.3 Å². The second-order valence-corrected chi connectivity index (χ2v) is 6.68. The molecule has 146 valence electrons. The molecule has 0 bridgehead atoms. The smallest absolute Gasteiger partial charge is 0.273 e. The third-order valence-electron chi connectivity index (χ3n) is 4.54. The highest BCUT2D eigenvalue weighted by Crippen LogP contribution is 2.29. The summed E-state index contributed by atoms with van der Waals surface area (Å²) in [5.74, 6) is -0.621. The lowest BCUT2D eigenvalue weighted by Crippen LogP contribution is -2.41. The molecule has 0 aliphatic carbocycles. The monoisotopic (exact) mass is 401 g/mol. The van der Waals surface area contributed by atoms with Crippen LogP contribution in [0.15, 0.2) is 36.4 Å². The molecule has 3 rings (SSSR count). The van der Waals surface area contributed by atoms with Crippen LogP contribution in [0.5, 0.6) is 5.75 Å². The summed E-state index contributed by atoms with van der Waals surface area (Å²) in [5.41, 5.74) is 7.17. The lowest BCUT2D eigenvalue weighted by atomic mass is 10.1. The van der Waals surface area contributed by atoms with Gasteiger partial charge in [0.1, 0.15) is 5.75 Å². The van der Waals surface area contributed by atoms with Crippen LogP contribution in [-0.2, 0) is 11.2 Å². The van der Waals surface area contributed by atoms with Gasteiger partial charge >= 0.3 is 0 Å². The van der Waals surface area contributed by atoms with Crippen molar-refractivity contribution in [1.29, 1.82) is 0 Å². The maximum atomic E-state index is 12.4. The van der Waals surface area contributed by atoms with Gasteiger partial charge in [0.15, 0.2) is 0 Å². The minimum atomic E-state index is -0.525. The zero-order chi connectivity index (χ0) is 20.3. The maximum absolute atomic E-state index is 12.4. The number of hydrogen-bond acceptors (Lipinski definition) is 4. The van der Waals surface area contributed by atoms with Gasteiger partial charge < -0.3 is 9.64 Å². The number of ether oxygens (including phenoxy) is 1. The number of nitrogens with zero attached hydrogens (tertiary/aromatic N) is 1. The predicted octanol–water partition coefficient (Wildman–Crippen LogP) is 2.72. The average molecular weight is 402 g/mol. The van der Waals surface area contributed by atoms with Gasteiger partial charge in [0, 0.05) is 29.2 Å². The van der Waals surface area contributed by atoms with Crippen LogP contribution in [0.1, 0.15) is 39.6 Å². The van der Waals surface area contributed by atoms with E-state index < -0.39 is 11.8 Å². The zero-order valence-corrected chi connectivity index (χ0v) is 16.3. The van der Waals surface area contributed by atoms with Crippen molar-refractivity contribution in [2.75, 3.05) is 18.6 Å². The first kappa shape index (κ1) is 19.7. The molecule has 0 atom stereocenters. The van der Waals surface area contributed by atoms with Crippen LogP contribution in [0, 0.1) is 0 Å². The van der Waals surface area contributed by atoms with Gasteiger partial charge in [-0.15, -0.1) is 0 Å². The molecule has 28 heavy (non-hydrogen) atoms. The number of methoxy groups -OCH3 is 1. The molecule has 7 nitrogen and oxygen atoms in total. The maximum Gasteiger partial charge on any atom is 0.273 e. The topological polar surface area (TPSA) is 87.7 Å². The Hall–Kier alpha value is -3.06. The van der Waals surface area contributed by atoms with Gasteiger partial charge in [0.05, 0.1) is 12.7 Å². The molecule has 0 saturated carbocycles. The molecule has 0 aromatic heterocycles. The Balaban J connectivity index is 1.68. The summed E-state index contributed by atoms with van der Waals surface area (Å²) in [6.07, 6.45) is 1.12. The van der Waals surface area contributed by atoms with Crippen LogP contribution in [0.4, 0.5) is 5.69 Å². The van der Waals surface area contributed by atoms with Crippen LogP contribution in [0.3, 0.4) is 0 Å². The summed E-state index contributed by atoms with van der Waals surface area (Å²) < 4.78 is 5.14. The van der Waals surface area contributed by atoms with Gasteiger partial charge in [-0.25, -0.2) is 0 Å². The summed E-state index contributed by atoms with van der Waals surface area (Å²) in [7, 11) is 1.43. The number of nitrogens with one attached hydrogen (secondary N) is 2. The fraction of sp³-hybridized carbons (Fsp3) is 0.250. The molecule has 0 radical (unpaired) electrons. The molecule has 2 aromatic rings. The van der Waals surface area contributed by atoms with E-state index in [2.05, 4.69) is 10.9 Å². The van der Waals surface area contributed by atoms with Crippen molar-refractivity contribution in [2.24, 2.45) is 0 Å². The summed E-state index contributed by atoms with van der Waals surface area (Å²) in [6, 6.07) is 9.71. The quantitative estimate of drug-likeness (QED) is 0.771. The molecule has 2 N–H and O–H groups in total. The Morgan fingerprint density at radius 2 is 1.86 bits per heavy atom. The number of carbonyl (C=O) groups excluding carboxylic acids is 3. The van der Waals surface area contributed by atoms with Crippen LogP contribution >= 0.6 is 11.6 Å². The molecule has 0 saturated heterocycles. The number of benzene rings is 2. The molecular formula is C20H20ClN3O4. The molecule has 3 amide bonds. The Bertz CT molecular complexity index is 945. The molecule has 2 aromatic carbocycles. The van der Waals surface area contributed by atoms with Crippen LogP contribution in [0.2, 0.25) is 5.02 Å². The van der Waals surface area contributed by atoms with Gasteiger partial charge in [-0.1, -0.05) is 18.5 Å². The highest BCUT2D eigenvalue weighted by molar-refractivity contribution is 6.30. The lowest BCUT2D eigenvalue weighted by molar-refractivity contribution is -0.118. The predicted molar refractivity (Wildman–Crippen MR) is 106 cm³/mol. The number of rotatable bonds is 4. The van der Waals surface area contributed by atoms with E-state index in [1.165, 1.54) is 19.2 Å². The molecule has 8 heteroatoms. The van der Waals surface area contributed by atoms with Crippen molar-refractivity contribution < 1.29 is 19.1 Å². The van der Waals surface area contributed by atoms with E-state index in [0.717, 1.165) is 11.3 Å². The first-order valence-electron chi connectivity index (χ1n) is 8.82. The van der Waals surface area contributed by atoms with Crippen molar-refractivity contribution in [3.05, 3.63) is 58.1 Å². The van der Waals surface area contributed by atoms with E-state index in [1.807, 2.05) is 6.92 Å². The van der Waals surface area contributed by atoms with Crippen molar-refractivity contribution in [3.8, 4) is 5.75 Å². The van der Waals surface area contributed by atoms with Gasteiger partial charge in [-0.2, -0.15) is 0 Å². The van der Waals surface area contributed by atoms with Crippen molar-refractivity contribution in [1.82, 2.24) is 10.9 Å². The fourth-order valence-electron chi connectivity index (χ4n) is 3.10. The molecule has 0 unspecified atom stereocenters. The molecule has 0 fully saturated rings. The van der Waals surface area contributed by atoms with Crippen molar-refractivity contribution in [2.45, 2.75) is 19.8 Å². The minimum absolute atomic E-state index is 0.0557. The Kier molecular flexibility index (Phi) is 5.84. The summed E-state index contributed by atoms with van der Waals surface area (Å²) in [4.78, 5) is 38.4. The van der Waals surface area contributed by atoms with Gasteiger partial charge in [0.2, 0.25) is 5.91 Å². The Morgan fingerprint density at radius 1 is 1.11 bits per heavy atom. The number of hydrogen-bond donors (Lipinski definition) is 2. The first-order chi connectivity index (χ1) is 13.4. The van der Waals surface area contributed by atoms with E-state index in [-0.39, 0.29) is 11.5 Å². The Labute approximate surface area is 167 Å². The van der Waals surface area contributed by atoms with Gasteiger partial charge in [-0.3, -0.25) is 25.2 Å². The highest BCUT2D eigenvalue weighted by Gasteiger charge is 2.24. The van der Waals surface area contributed by atoms with Crippen LogP contribution in [-0.4, -0.2) is 31.4 Å². The van der Waals surface area contributed by atoms with E-state index in [9.17, 15) is 14.4 Å².